The summed E-state index contributed by atoms with van der Waals surface area (Å²) in [6, 6.07) is 0. The van der Waals surface area contributed by atoms with Crippen molar-refractivity contribution in [3.05, 3.63) is 0 Å². The van der Waals surface area contributed by atoms with Crippen LogP contribution in [0.1, 0.15) is 20.3 Å². The van der Waals surface area contributed by atoms with E-state index >= 15 is 0 Å². The second kappa shape index (κ2) is 4.40. The van der Waals surface area contributed by atoms with Crippen LogP contribution in [0.2, 0.25) is 0 Å². The third-order valence-electron chi connectivity index (χ3n) is 2.25. The topological polar surface area (TPSA) is 60.4 Å². The Morgan fingerprint density at radius 3 is 2.57 bits per heavy atom. The average Bonchev–Trinajstić information content (AvgIpc) is 2.41. The van der Waals surface area contributed by atoms with E-state index in [4.69, 9.17) is 4.74 Å². The predicted molar refractivity (Wildman–Crippen MR) is 52.9 cm³/mol. The van der Waals surface area contributed by atoms with Crippen LogP contribution in [0.25, 0.3) is 0 Å². The fourth-order valence-corrected chi connectivity index (χ4v) is 3.19. The van der Waals surface area contributed by atoms with Gasteiger partial charge < -0.3 is 4.74 Å². The minimum absolute atomic E-state index is 0.00723. The maximum absolute atomic E-state index is 11.4. The standard InChI is InChI=1S/C9H16O4S/c1-7(2)13-5-9(10)8-3-4-14(11,12)6-8/h7-8H,3-6H2,1-2H3. The molecule has 1 aliphatic heterocycles. The molecule has 0 saturated carbocycles. The lowest BCUT2D eigenvalue weighted by Crippen LogP contribution is -2.22. The van der Waals surface area contributed by atoms with Crippen molar-refractivity contribution in [1.29, 1.82) is 0 Å². The van der Waals surface area contributed by atoms with Crippen molar-refractivity contribution in [2.75, 3.05) is 18.1 Å². The van der Waals surface area contributed by atoms with Crippen molar-refractivity contribution < 1.29 is 17.9 Å². The molecule has 1 heterocycles. The lowest BCUT2D eigenvalue weighted by molar-refractivity contribution is -0.128. The summed E-state index contributed by atoms with van der Waals surface area (Å²) >= 11 is 0. The number of Topliss-reactive ketones (excluding diaryl/α,β-unsaturated/α-hetero) is 1. The van der Waals surface area contributed by atoms with Gasteiger partial charge in [-0.25, -0.2) is 8.42 Å². The molecule has 0 aliphatic carbocycles. The second-order valence-corrected chi connectivity index (χ2v) is 6.15. The highest BCUT2D eigenvalue weighted by Crippen LogP contribution is 2.19. The average molecular weight is 220 g/mol. The van der Waals surface area contributed by atoms with Gasteiger partial charge in [-0.05, 0) is 20.3 Å². The summed E-state index contributed by atoms with van der Waals surface area (Å²) in [6.45, 7) is 3.73. The maximum atomic E-state index is 11.4. The fraction of sp³-hybridized carbons (Fsp3) is 0.889. The SMILES string of the molecule is CC(C)OCC(=O)C1CCS(=O)(=O)C1. The lowest BCUT2D eigenvalue weighted by Gasteiger charge is -2.09. The molecule has 1 fully saturated rings. The smallest absolute Gasteiger partial charge is 0.162 e. The Balaban J connectivity index is 2.40. The van der Waals surface area contributed by atoms with E-state index in [0.29, 0.717) is 6.42 Å². The zero-order valence-corrected chi connectivity index (χ0v) is 9.34. The highest BCUT2D eigenvalue weighted by molar-refractivity contribution is 7.91. The van der Waals surface area contributed by atoms with Crippen LogP contribution in [-0.2, 0) is 19.4 Å². The van der Waals surface area contributed by atoms with Crippen molar-refractivity contribution in [3.8, 4) is 0 Å². The molecule has 1 atom stereocenters. The molecule has 1 rings (SSSR count). The van der Waals surface area contributed by atoms with Crippen LogP contribution in [0, 0.1) is 5.92 Å². The van der Waals surface area contributed by atoms with Gasteiger partial charge in [0.2, 0.25) is 0 Å². The Kier molecular flexibility index (Phi) is 3.66. The highest BCUT2D eigenvalue weighted by Gasteiger charge is 2.32. The number of hydrogen-bond donors (Lipinski definition) is 0. The molecular formula is C9H16O4S. The summed E-state index contributed by atoms with van der Waals surface area (Å²) in [4.78, 5) is 11.4. The van der Waals surface area contributed by atoms with Crippen LogP contribution in [0.3, 0.4) is 0 Å². The van der Waals surface area contributed by atoms with Crippen LogP contribution in [0.15, 0.2) is 0 Å². The minimum atomic E-state index is -2.96. The maximum Gasteiger partial charge on any atom is 0.162 e. The molecule has 1 aliphatic rings. The van der Waals surface area contributed by atoms with Gasteiger partial charge in [-0.3, -0.25) is 4.79 Å². The Hall–Kier alpha value is -0.420. The number of ketones is 1. The fourth-order valence-electron chi connectivity index (χ4n) is 1.42. The summed E-state index contributed by atoms with van der Waals surface area (Å²) in [5, 5.41) is 0. The van der Waals surface area contributed by atoms with Crippen LogP contribution in [0.4, 0.5) is 0 Å². The van der Waals surface area contributed by atoms with Gasteiger partial charge in [-0.15, -0.1) is 0 Å². The number of carbonyl (C=O) groups is 1. The van der Waals surface area contributed by atoms with Crippen LogP contribution in [0.5, 0.6) is 0 Å². The first-order chi connectivity index (χ1) is 6.41. The van der Waals surface area contributed by atoms with Crippen molar-refractivity contribution in [2.24, 2.45) is 5.92 Å². The van der Waals surface area contributed by atoms with E-state index in [1.165, 1.54) is 0 Å². The first kappa shape index (κ1) is 11.7. The molecular weight excluding hydrogens is 204 g/mol. The van der Waals surface area contributed by atoms with Gasteiger partial charge in [0.25, 0.3) is 0 Å². The van der Waals surface area contributed by atoms with Gasteiger partial charge in [-0.1, -0.05) is 0 Å². The molecule has 1 saturated heterocycles. The monoisotopic (exact) mass is 220 g/mol. The summed E-state index contributed by atoms with van der Waals surface area (Å²) in [5.41, 5.74) is 0. The molecule has 82 valence electrons. The highest BCUT2D eigenvalue weighted by atomic mass is 32.2. The summed E-state index contributed by atoms with van der Waals surface area (Å²) in [5.74, 6) is -0.267. The van der Waals surface area contributed by atoms with Crippen LogP contribution in [-0.4, -0.2) is 38.4 Å². The van der Waals surface area contributed by atoms with Crippen molar-refractivity contribution in [1.82, 2.24) is 0 Å². The lowest BCUT2D eigenvalue weighted by atomic mass is 10.0. The third kappa shape index (κ3) is 3.38. The van der Waals surface area contributed by atoms with Crippen LogP contribution < -0.4 is 0 Å². The number of ether oxygens (including phenoxy) is 1. The Morgan fingerprint density at radius 1 is 1.50 bits per heavy atom. The summed E-state index contributed by atoms with van der Waals surface area (Å²) in [6.07, 6.45) is 0.472. The molecule has 0 radical (unpaired) electrons. The molecule has 0 amide bonds. The van der Waals surface area contributed by atoms with Gasteiger partial charge in [-0.2, -0.15) is 0 Å². The number of carbonyl (C=O) groups excluding carboxylic acids is 1. The van der Waals surface area contributed by atoms with Crippen molar-refractivity contribution in [2.45, 2.75) is 26.4 Å². The van der Waals surface area contributed by atoms with E-state index in [0.717, 1.165) is 0 Å². The van der Waals surface area contributed by atoms with Gasteiger partial charge in [0.1, 0.15) is 6.61 Å². The van der Waals surface area contributed by atoms with Gasteiger partial charge >= 0.3 is 0 Å². The third-order valence-corrected chi connectivity index (χ3v) is 4.01. The molecule has 0 bridgehead atoms. The first-order valence-corrected chi connectivity index (χ1v) is 6.57. The molecule has 0 aromatic rings. The Labute approximate surface area is 84.6 Å². The molecule has 5 heteroatoms. The Bertz CT molecular complexity index is 305. The van der Waals surface area contributed by atoms with E-state index in [-0.39, 0.29) is 35.9 Å². The van der Waals surface area contributed by atoms with Crippen molar-refractivity contribution >= 4 is 15.6 Å². The number of sulfone groups is 1. The Morgan fingerprint density at radius 2 is 2.14 bits per heavy atom. The van der Waals surface area contributed by atoms with E-state index < -0.39 is 9.84 Å². The zero-order valence-electron chi connectivity index (χ0n) is 8.52. The largest absolute Gasteiger partial charge is 0.371 e. The number of hydrogen-bond acceptors (Lipinski definition) is 4. The van der Waals surface area contributed by atoms with Gasteiger partial charge in [0, 0.05) is 5.92 Å². The normalized spacial score (nSPS) is 25.5. The summed E-state index contributed by atoms with van der Waals surface area (Å²) < 4.78 is 27.3. The minimum Gasteiger partial charge on any atom is -0.371 e. The number of rotatable bonds is 4. The molecule has 0 aromatic carbocycles. The van der Waals surface area contributed by atoms with E-state index in [1.807, 2.05) is 13.8 Å². The van der Waals surface area contributed by atoms with Crippen LogP contribution >= 0.6 is 0 Å². The molecule has 0 aromatic heterocycles. The van der Waals surface area contributed by atoms with Gasteiger partial charge in [0.15, 0.2) is 15.6 Å². The van der Waals surface area contributed by atoms with E-state index in [2.05, 4.69) is 0 Å². The molecule has 0 spiro atoms. The zero-order chi connectivity index (χ0) is 10.8. The molecule has 14 heavy (non-hydrogen) atoms. The molecule has 4 nitrogen and oxygen atoms in total. The molecule has 1 unspecified atom stereocenters. The predicted octanol–water partition coefficient (Wildman–Crippen LogP) is 0.415. The first-order valence-electron chi connectivity index (χ1n) is 4.75. The molecule has 0 N–H and O–H groups in total. The summed E-state index contributed by atoms with van der Waals surface area (Å²) in [7, 11) is -2.96. The van der Waals surface area contributed by atoms with Crippen molar-refractivity contribution in [3.63, 3.8) is 0 Å². The van der Waals surface area contributed by atoms with E-state index in [9.17, 15) is 13.2 Å². The van der Waals surface area contributed by atoms with Gasteiger partial charge in [0.05, 0.1) is 17.6 Å². The second-order valence-electron chi connectivity index (χ2n) is 3.93. The van der Waals surface area contributed by atoms with E-state index in [1.54, 1.807) is 0 Å². The quantitative estimate of drug-likeness (QED) is 0.688.